The van der Waals surface area contributed by atoms with Gasteiger partial charge >= 0.3 is 24.2 Å². The summed E-state index contributed by atoms with van der Waals surface area (Å²) in [6.45, 7) is 2.72. The van der Waals surface area contributed by atoms with Crippen molar-refractivity contribution in [3.8, 4) is 11.6 Å². The van der Waals surface area contributed by atoms with Crippen LogP contribution in [0.3, 0.4) is 0 Å². The number of ether oxygens (including phenoxy) is 3. The lowest BCUT2D eigenvalue weighted by Crippen LogP contribution is -2.43. The second-order valence-corrected chi connectivity index (χ2v) is 14.9. The number of nitrogens with zero attached hydrogens (tertiary/aromatic N) is 6. The Balaban J connectivity index is 1.09. The zero-order valence-electron chi connectivity index (χ0n) is 31.7. The fourth-order valence-corrected chi connectivity index (χ4v) is 7.68. The molecular weight excluding hydrogens is 886 g/mol. The summed E-state index contributed by atoms with van der Waals surface area (Å²) < 4.78 is 67.6. The summed E-state index contributed by atoms with van der Waals surface area (Å²) in [5.74, 6) is -1.80. The van der Waals surface area contributed by atoms with Crippen LogP contribution in [0.15, 0.2) is 97.2 Å². The Labute approximate surface area is 351 Å². The Morgan fingerprint density at radius 2 is 1.58 bits per heavy atom. The highest BCUT2D eigenvalue weighted by molar-refractivity contribution is 14.1. The average Bonchev–Trinajstić information content (AvgIpc) is 3.84. The number of halogens is 4. The van der Waals surface area contributed by atoms with Crippen LogP contribution in [0.5, 0.6) is 5.88 Å². The van der Waals surface area contributed by atoms with Gasteiger partial charge in [0.1, 0.15) is 25.1 Å². The third-order valence-electron chi connectivity index (χ3n) is 10.4. The first-order valence-electron chi connectivity index (χ1n) is 18.6. The van der Waals surface area contributed by atoms with E-state index in [-0.39, 0.29) is 48.3 Å². The zero-order valence-corrected chi connectivity index (χ0v) is 33.8. The highest BCUT2D eigenvalue weighted by Crippen LogP contribution is 2.45. The molecule has 1 spiro atoms. The molecule has 2 N–H and O–H groups in total. The summed E-state index contributed by atoms with van der Waals surface area (Å²) in [6, 6.07) is 24.0. The van der Waals surface area contributed by atoms with Gasteiger partial charge in [0.2, 0.25) is 17.9 Å². The molecule has 14 nitrogen and oxygen atoms in total. The van der Waals surface area contributed by atoms with Crippen LogP contribution in [0.25, 0.3) is 5.69 Å². The lowest BCUT2D eigenvalue weighted by atomic mass is 9.76. The molecule has 7 rings (SSSR count). The Bertz CT molecular complexity index is 2220. The van der Waals surface area contributed by atoms with E-state index in [9.17, 15) is 27.6 Å². The molecule has 2 saturated heterocycles. The maximum atomic E-state index is 14.9. The van der Waals surface area contributed by atoms with E-state index in [0.717, 1.165) is 17.2 Å². The largest absolute Gasteiger partial charge is 0.459 e. The molecule has 2 aromatic heterocycles. The molecule has 0 unspecified atom stereocenters. The number of hydrogen-bond donors (Lipinski definition) is 1. The van der Waals surface area contributed by atoms with Gasteiger partial charge in [-0.15, -0.1) is 0 Å². The van der Waals surface area contributed by atoms with E-state index in [2.05, 4.69) is 15.1 Å². The number of piperidine rings is 1. The molecule has 308 valence electrons. The first kappa shape index (κ1) is 41.2. The van der Waals surface area contributed by atoms with Crippen LogP contribution >= 0.6 is 23.0 Å². The van der Waals surface area contributed by atoms with Crippen LogP contribution in [-0.4, -0.2) is 74.5 Å². The SMILES string of the molecule is Cc1ccn(-c2cc(C(=O)OI)ccc2[C@@H](Oc2cc(N3CCC4(CC3)C[C@@H](C(=O)OCc3ccccc3)N(C(=O)OCc3ccccc3)C4)nc(N)n2)C(F)(F)F)n1. The Morgan fingerprint density at radius 3 is 2.19 bits per heavy atom. The molecule has 1 amide bonds. The van der Waals surface area contributed by atoms with E-state index in [0.29, 0.717) is 38.0 Å². The summed E-state index contributed by atoms with van der Waals surface area (Å²) in [6.07, 6.45) is -5.33. The normalized spacial score (nSPS) is 16.7. The van der Waals surface area contributed by atoms with Gasteiger partial charge in [0.25, 0.3) is 0 Å². The molecule has 3 aromatic carbocycles. The third kappa shape index (κ3) is 9.69. The van der Waals surface area contributed by atoms with Gasteiger partial charge in [-0.3, -0.25) is 4.90 Å². The lowest BCUT2D eigenvalue weighted by molar-refractivity contribution is -0.198. The minimum Gasteiger partial charge on any atom is -0.459 e. The van der Waals surface area contributed by atoms with Crippen LogP contribution in [-0.2, 0) is 30.5 Å². The number of likely N-dealkylation sites (tertiary alicyclic amines) is 1. The van der Waals surface area contributed by atoms with Crippen LogP contribution in [0.4, 0.5) is 29.7 Å². The van der Waals surface area contributed by atoms with Crippen molar-refractivity contribution in [3.05, 3.63) is 125 Å². The number of amides is 1. The Morgan fingerprint density at radius 1 is 0.915 bits per heavy atom. The van der Waals surface area contributed by atoms with Crippen molar-refractivity contribution in [1.82, 2.24) is 24.6 Å². The highest BCUT2D eigenvalue weighted by Gasteiger charge is 2.51. The minimum atomic E-state index is -4.95. The van der Waals surface area contributed by atoms with Gasteiger partial charge in [0.05, 0.1) is 16.9 Å². The third-order valence-corrected chi connectivity index (χ3v) is 10.8. The van der Waals surface area contributed by atoms with Crippen molar-refractivity contribution in [1.29, 1.82) is 0 Å². The molecule has 2 atom stereocenters. The number of alkyl halides is 3. The molecule has 0 saturated carbocycles. The summed E-state index contributed by atoms with van der Waals surface area (Å²) in [4.78, 5) is 51.1. The number of nitrogens with two attached hydrogens (primary N) is 1. The van der Waals surface area contributed by atoms with Crippen LogP contribution < -0.4 is 15.4 Å². The quantitative estimate of drug-likeness (QED) is 0.103. The molecular formula is C41H39F3IN7O7. The van der Waals surface area contributed by atoms with Gasteiger partial charge in [-0.05, 0) is 60.9 Å². The van der Waals surface area contributed by atoms with E-state index in [4.69, 9.17) is 23.0 Å². The summed E-state index contributed by atoms with van der Waals surface area (Å²) in [5.41, 5.74) is 7.31. The van der Waals surface area contributed by atoms with E-state index in [1.54, 1.807) is 13.0 Å². The maximum Gasteiger partial charge on any atom is 0.429 e. The first-order valence-corrected chi connectivity index (χ1v) is 19.5. The standard InChI is InChI=1S/C41H39F3IN7O7/c1-26-14-17-52(49-26)31-20-29(36(53)59-45)12-13-30(31)35(41(42,43)44)58-34-21-33(47-38(46)48-34)50-18-15-40(16-19-50)22-32(37(54)56-23-27-8-4-2-5-9-27)51(25-40)39(55)57-24-28-10-6-3-7-11-28/h2-14,17,20-21,32,35H,15-16,18-19,22-25H2,1H3,(H2,46,47,48)/t32-,35+/m0/s1. The number of carbonyl (C=O) groups excluding carboxylic acids is 3. The summed E-state index contributed by atoms with van der Waals surface area (Å²) >= 11 is 1.40. The van der Waals surface area contributed by atoms with Gasteiger partial charge in [0.15, 0.2) is 23.0 Å². The smallest absolute Gasteiger partial charge is 0.429 e. The van der Waals surface area contributed by atoms with Gasteiger partial charge in [-0.2, -0.15) is 28.2 Å². The van der Waals surface area contributed by atoms with Crippen molar-refractivity contribution < 1.29 is 44.8 Å². The van der Waals surface area contributed by atoms with Crippen molar-refractivity contribution >= 4 is 52.8 Å². The predicted molar refractivity (Wildman–Crippen MR) is 215 cm³/mol. The van der Waals surface area contributed by atoms with Crippen molar-refractivity contribution in [2.75, 3.05) is 30.3 Å². The number of anilines is 2. The molecule has 2 aliphatic heterocycles. The Kier molecular flexibility index (Phi) is 12.2. The summed E-state index contributed by atoms with van der Waals surface area (Å²) in [5, 5.41) is 4.26. The van der Waals surface area contributed by atoms with E-state index >= 15 is 0 Å². The number of hydrogen-bond acceptors (Lipinski definition) is 12. The number of carbonyl (C=O) groups is 3. The van der Waals surface area contributed by atoms with E-state index in [1.807, 2.05) is 65.6 Å². The molecule has 2 aliphatic rings. The topological polar surface area (TPSA) is 164 Å². The molecule has 0 bridgehead atoms. The fraction of sp³-hybridized carbons (Fsp3) is 0.317. The first-order chi connectivity index (χ1) is 28.3. The molecule has 0 aliphatic carbocycles. The molecule has 59 heavy (non-hydrogen) atoms. The van der Waals surface area contributed by atoms with Gasteiger partial charge in [-0.1, -0.05) is 66.7 Å². The van der Waals surface area contributed by atoms with Gasteiger partial charge in [0, 0.05) is 37.5 Å². The van der Waals surface area contributed by atoms with Crippen molar-refractivity contribution in [2.45, 2.75) is 57.7 Å². The van der Waals surface area contributed by atoms with Gasteiger partial charge in [-0.25, -0.2) is 19.1 Å². The molecule has 18 heteroatoms. The maximum absolute atomic E-state index is 14.9. The predicted octanol–water partition coefficient (Wildman–Crippen LogP) is 7.48. The zero-order chi connectivity index (χ0) is 41.7. The second-order valence-electron chi connectivity index (χ2n) is 14.5. The molecule has 5 aromatic rings. The van der Waals surface area contributed by atoms with Gasteiger partial charge < -0.3 is 27.9 Å². The second kappa shape index (κ2) is 17.5. The number of aromatic nitrogens is 4. The minimum absolute atomic E-state index is 0.00789. The molecule has 2 fully saturated rings. The van der Waals surface area contributed by atoms with Crippen LogP contribution in [0.2, 0.25) is 0 Å². The van der Waals surface area contributed by atoms with Crippen molar-refractivity contribution in [3.63, 3.8) is 0 Å². The van der Waals surface area contributed by atoms with E-state index < -0.39 is 47.6 Å². The highest BCUT2D eigenvalue weighted by atomic mass is 127. The summed E-state index contributed by atoms with van der Waals surface area (Å²) in [7, 11) is 0. The Hall–Kier alpha value is -5.92. The van der Waals surface area contributed by atoms with E-state index in [1.165, 1.54) is 57.0 Å². The fourth-order valence-electron chi connectivity index (χ4n) is 7.42. The number of rotatable bonds is 11. The number of benzene rings is 3. The molecule has 0 radical (unpaired) electrons. The molecule has 4 heterocycles. The monoisotopic (exact) mass is 925 g/mol. The number of aryl methyl sites for hydroxylation is 1. The lowest BCUT2D eigenvalue weighted by Gasteiger charge is -2.39. The van der Waals surface area contributed by atoms with Crippen molar-refractivity contribution in [2.24, 2.45) is 5.41 Å². The average molecular weight is 926 g/mol. The van der Waals surface area contributed by atoms with Crippen LogP contribution in [0.1, 0.15) is 58.1 Å². The number of esters is 1. The number of nitrogen functional groups attached to an aromatic ring is 1. The van der Waals surface area contributed by atoms with Crippen LogP contribution in [0, 0.1) is 12.3 Å².